The number of likely N-dealkylation sites (N-methyl/N-ethyl adjacent to an activating group) is 1. The number of carbonyl (C=O) groups excluding carboxylic acids is 2. The van der Waals surface area contributed by atoms with Crippen LogP contribution in [0.3, 0.4) is 0 Å². The van der Waals surface area contributed by atoms with Crippen molar-refractivity contribution in [1.29, 1.82) is 0 Å². The number of allylic oxidation sites excluding steroid dienone is 3. The van der Waals surface area contributed by atoms with E-state index in [9.17, 15) is 30.0 Å². The van der Waals surface area contributed by atoms with Gasteiger partial charge in [0.25, 0.3) is 0 Å². The van der Waals surface area contributed by atoms with Gasteiger partial charge in [-0.05, 0) is 77.2 Å². The van der Waals surface area contributed by atoms with Crippen molar-refractivity contribution in [1.82, 2.24) is 25.2 Å². The molecule has 59 heavy (non-hydrogen) atoms. The molecule has 1 saturated heterocycles. The Balaban J connectivity index is 0.00000769. The van der Waals surface area contributed by atoms with Crippen LogP contribution in [-0.4, -0.2) is 128 Å². The molecule has 2 aliphatic rings. The Hall–Kier alpha value is -3.86. The largest absolute Gasteiger partial charge is 0.462 e. The van der Waals surface area contributed by atoms with Gasteiger partial charge in [-0.1, -0.05) is 87.5 Å². The summed E-state index contributed by atoms with van der Waals surface area (Å²) in [4.78, 5) is 28.8. The van der Waals surface area contributed by atoms with E-state index < -0.39 is 72.7 Å². The minimum Gasteiger partial charge on any atom is -0.462 e. The SMILES string of the molecule is C.CC[C@H]1OC(=O)C[C@@H](O)[C@H](C)[C@@H](O[C@@H]2O[C@H](C)[C@@H](O)C(N(C)C)C2O)[C@@H](CCNCc2cn(-c3cccc4ccccc34)nn2)C[C@@H](C)C(=O)/C=C/C(C)=C/[C@@H]1CO. The van der Waals surface area contributed by atoms with Gasteiger partial charge in [0.1, 0.15) is 12.2 Å². The van der Waals surface area contributed by atoms with Crippen LogP contribution in [0.5, 0.6) is 0 Å². The van der Waals surface area contributed by atoms with Crippen LogP contribution in [0, 0.1) is 23.7 Å². The molecule has 3 heterocycles. The molecule has 0 aliphatic carbocycles. The molecule has 5 rings (SSSR count). The summed E-state index contributed by atoms with van der Waals surface area (Å²) in [6.45, 7) is 9.64. The van der Waals surface area contributed by atoms with E-state index in [-0.39, 0.29) is 32.2 Å². The number of carbonyl (C=O) groups is 2. The number of hydrogen-bond acceptors (Lipinski definition) is 13. The molecule has 14 nitrogen and oxygen atoms in total. The van der Waals surface area contributed by atoms with Gasteiger partial charge >= 0.3 is 5.97 Å². The van der Waals surface area contributed by atoms with E-state index in [4.69, 9.17) is 14.2 Å². The Labute approximate surface area is 349 Å². The summed E-state index contributed by atoms with van der Waals surface area (Å²) in [6, 6.07) is 13.4. The fraction of sp³-hybridized carbons (Fsp3) is 0.600. The number of nitrogens with zero attached hydrogens (tertiary/aromatic N) is 4. The van der Waals surface area contributed by atoms with E-state index in [1.165, 1.54) is 6.08 Å². The highest BCUT2D eigenvalue weighted by atomic mass is 16.7. The summed E-state index contributed by atoms with van der Waals surface area (Å²) in [5, 5.41) is 58.8. The molecule has 1 fully saturated rings. The van der Waals surface area contributed by atoms with Gasteiger partial charge in [-0.15, -0.1) is 5.10 Å². The number of ether oxygens (including phenoxy) is 3. The third kappa shape index (κ3) is 12.1. The Bertz CT molecular complexity index is 1860. The third-order valence-corrected chi connectivity index (χ3v) is 11.7. The third-order valence-electron chi connectivity index (χ3n) is 11.7. The van der Waals surface area contributed by atoms with Crippen LogP contribution < -0.4 is 5.32 Å². The van der Waals surface area contributed by atoms with Crippen molar-refractivity contribution in [3.63, 3.8) is 0 Å². The highest BCUT2D eigenvalue weighted by molar-refractivity contribution is 5.92. The molecule has 2 aromatic carbocycles. The lowest BCUT2D eigenvalue weighted by Crippen LogP contribution is -2.63. The number of fused-ring (bicyclic) bond motifs is 1. The molecule has 0 radical (unpaired) electrons. The first kappa shape index (κ1) is 47.8. The van der Waals surface area contributed by atoms with Gasteiger partial charge in [-0.25, -0.2) is 4.68 Å². The number of rotatable bonds is 11. The maximum absolute atomic E-state index is 13.7. The molecule has 12 atom stereocenters. The zero-order chi connectivity index (χ0) is 42.1. The average molecular weight is 822 g/mol. The molecular weight excluding hydrogens is 755 g/mol. The topological polar surface area (TPSA) is 189 Å². The normalized spacial score (nSPS) is 32.9. The molecule has 0 spiro atoms. The lowest BCUT2D eigenvalue weighted by Gasteiger charge is -2.46. The smallest absolute Gasteiger partial charge is 0.308 e. The molecule has 2 aliphatic heterocycles. The highest BCUT2D eigenvalue weighted by Gasteiger charge is 2.47. The summed E-state index contributed by atoms with van der Waals surface area (Å²) in [6.07, 6.45) is 1.06. The van der Waals surface area contributed by atoms with Crippen LogP contribution in [0.4, 0.5) is 0 Å². The van der Waals surface area contributed by atoms with Crippen molar-refractivity contribution in [2.24, 2.45) is 23.7 Å². The lowest BCUT2D eigenvalue weighted by atomic mass is 9.79. The van der Waals surface area contributed by atoms with Crippen LogP contribution in [0.1, 0.15) is 73.4 Å². The Kier molecular flexibility index (Phi) is 17.9. The van der Waals surface area contributed by atoms with Gasteiger partial charge in [0, 0.05) is 29.7 Å². The number of nitrogens with one attached hydrogen (secondary N) is 1. The molecule has 1 aromatic heterocycles. The fourth-order valence-corrected chi connectivity index (χ4v) is 8.27. The number of aliphatic hydroxyl groups is 4. The Morgan fingerprint density at radius 2 is 1.75 bits per heavy atom. The van der Waals surface area contributed by atoms with Crippen LogP contribution >= 0.6 is 0 Å². The zero-order valence-electron chi connectivity index (χ0n) is 34.8. The summed E-state index contributed by atoms with van der Waals surface area (Å²) >= 11 is 0. The van der Waals surface area contributed by atoms with Crippen molar-refractivity contribution in [3.8, 4) is 5.69 Å². The number of hydrogen-bond donors (Lipinski definition) is 5. The van der Waals surface area contributed by atoms with Crippen molar-refractivity contribution in [2.75, 3.05) is 27.2 Å². The van der Waals surface area contributed by atoms with Crippen LogP contribution in [0.15, 0.2) is 72.5 Å². The second-order valence-corrected chi connectivity index (χ2v) is 16.3. The molecule has 3 aromatic rings. The molecule has 2 unspecified atom stereocenters. The van der Waals surface area contributed by atoms with E-state index in [0.717, 1.165) is 27.7 Å². The summed E-state index contributed by atoms with van der Waals surface area (Å²) in [5.41, 5.74) is 2.39. The maximum atomic E-state index is 13.7. The first-order valence-corrected chi connectivity index (χ1v) is 20.5. The van der Waals surface area contributed by atoms with Gasteiger partial charge in [0.2, 0.25) is 0 Å². The van der Waals surface area contributed by atoms with E-state index in [1.54, 1.807) is 49.7 Å². The van der Waals surface area contributed by atoms with Crippen molar-refractivity contribution < 1.29 is 44.2 Å². The van der Waals surface area contributed by atoms with Crippen molar-refractivity contribution in [3.05, 3.63) is 78.2 Å². The number of aromatic nitrogens is 3. The molecule has 0 bridgehead atoms. The number of aliphatic hydroxyl groups excluding tert-OH is 4. The number of cyclic esters (lactones) is 1. The second kappa shape index (κ2) is 22.1. The molecule has 326 valence electrons. The van der Waals surface area contributed by atoms with E-state index in [0.29, 0.717) is 32.4 Å². The van der Waals surface area contributed by atoms with Gasteiger partial charge in [0.15, 0.2) is 12.1 Å². The van der Waals surface area contributed by atoms with Crippen LogP contribution in [0.25, 0.3) is 16.5 Å². The van der Waals surface area contributed by atoms with Gasteiger partial charge in [-0.2, -0.15) is 0 Å². The number of esters is 1. The quantitative estimate of drug-likeness (QED) is 0.136. The maximum Gasteiger partial charge on any atom is 0.308 e. The predicted molar refractivity (Wildman–Crippen MR) is 226 cm³/mol. The lowest BCUT2D eigenvalue weighted by molar-refractivity contribution is -0.304. The summed E-state index contributed by atoms with van der Waals surface area (Å²) < 4.78 is 20.4. The van der Waals surface area contributed by atoms with E-state index in [2.05, 4.69) is 27.8 Å². The Morgan fingerprint density at radius 3 is 2.46 bits per heavy atom. The number of ketones is 1. The fourth-order valence-electron chi connectivity index (χ4n) is 8.27. The predicted octanol–water partition coefficient (Wildman–Crippen LogP) is 4.36. The molecule has 14 heteroatoms. The minimum absolute atomic E-state index is 0. The van der Waals surface area contributed by atoms with E-state index in [1.807, 2.05) is 57.3 Å². The molecular formula is C45H67N5O9. The molecule has 0 saturated carbocycles. The monoisotopic (exact) mass is 821 g/mol. The van der Waals surface area contributed by atoms with Gasteiger partial charge < -0.3 is 44.9 Å². The first-order chi connectivity index (χ1) is 27.7. The number of benzene rings is 2. The second-order valence-electron chi connectivity index (χ2n) is 16.3. The van der Waals surface area contributed by atoms with Crippen molar-refractivity contribution >= 4 is 22.5 Å². The molecule has 5 N–H and O–H groups in total. The highest BCUT2D eigenvalue weighted by Crippen LogP contribution is 2.35. The van der Waals surface area contributed by atoms with Gasteiger partial charge in [0.05, 0.1) is 61.1 Å². The zero-order valence-corrected chi connectivity index (χ0v) is 34.8. The van der Waals surface area contributed by atoms with Crippen LogP contribution in [-0.2, 0) is 30.3 Å². The van der Waals surface area contributed by atoms with Crippen LogP contribution in [0.2, 0.25) is 0 Å². The minimum atomic E-state index is -1.25. The first-order valence-electron chi connectivity index (χ1n) is 20.5. The average Bonchev–Trinajstić information content (AvgIpc) is 3.68. The Morgan fingerprint density at radius 1 is 1.02 bits per heavy atom. The van der Waals surface area contributed by atoms with E-state index >= 15 is 0 Å². The van der Waals surface area contributed by atoms with Gasteiger partial charge in [-0.3, -0.25) is 9.59 Å². The summed E-state index contributed by atoms with van der Waals surface area (Å²) in [5.74, 6) is -2.77. The molecule has 0 amide bonds. The van der Waals surface area contributed by atoms with Crippen molar-refractivity contribution in [2.45, 2.75) is 123 Å². The standard InChI is InChI=1S/C44H63N5O9.CH4/c1-8-38-32(25-50)20-26(2)16-17-36(51)27(3)21-31(18-19-45-23-33-24-49(47-46-33)35-15-11-13-30-12-9-10-14-34(30)35)43(28(4)37(52)22-39(53)57-38)58-44-42(55)40(48(6)7)41(54)29(5)56-44;/h9-17,20,24,27-29,31-32,37-38,40-45,50,52,54-55H,8,18-19,21-23,25H2,1-7H3;1H4/b17-16+,26-20+;/t27-,28+,29-,31+,32-,37-,38-,40?,41-,42?,43-,44+;/m1./s1. The summed E-state index contributed by atoms with van der Waals surface area (Å²) in [7, 11) is 3.52.